The fourth-order valence-corrected chi connectivity index (χ4v) is 1.94. The van der Waals surface area contributed by atoms with Crippen molar-refractivity contribution in [2.75, 3.05) is 13.2 Å². The van der Waals surface area contributed by atoms with Crippen LogP contribution in [0.25, 0.3) is 0 Å². The number of ether oxygens (including phenoxy) is 2. The van der Waals surface area contributed by atoms with Crippen molar-refractivity contribution < 1.29 is 34.1 Å². The van der Waals surface area contributed by atoms with Crippen molar-refractivity contribution >= 4 is 24.1 Å². The molecular weight excluding hydrogens is 356 g/mol. The molecule has 9 heteroatoms. The number of carboxylic acid groups (broad SMARTS) is 2. The predicted octanol–water partition coefficient (Wildman–Crippen LogP) is 1.38. The SMILES string of the molecule is O=C(O)COc1ccc(/C=N\NC(=O)c2ccccc2)cc1OCC(=O)O. The van der Waals surface area contributed by atoms with Crippen LogP contribution in [0.15, 0.2) is 53.6 Å². The first-order valence-corrected chi connectivity index (χ1v) is 7.67. The van der Waals surface area contributed by atoms with E-state index in [0.29, 0.717) is 11.1 Å². The summed E-state index contributed by atoms with van der Waals surface area (Å²) < 4.78 is 10.2. The lowest BCUT2D eigenvalue weighted by molar-refractivity contribution is -0.140. The summed E-state index contributed by atoms with van der Waals surface area (Å²) >= 11 is 0. The fourth-order valence-electron chi connectivity index (χ4n) is 1.94. The number of amides is 1. The standard InChI is InChI=1S/C18H16N2O7/c21-16(22)10-26-14-7-6-12(8-15(14)27-11-17(23)24)9-19-20-18(25)13-4-2-1-3-5-13/h1-9H,10-11H2,(H,20,25)(H,21,22)(H,23,24)/b19-9-. The molecule has 2 aromatic carbocycles. The van der Waals surface area contributed by atoms with Crippen molar-refractivity contribution in [3.05, 3.63) is 59.7 Å². The molecule has 0 fully saturated rings. The van der Waals surface area contributed by atoms with Gasteiger partial charge in [0.05, 0.1) is 6.21 Å². The maximum Gasteiger partial charge on any atom is 0.341 e. The third kappa shape index (κ3) is 6.50. The zero-order valence-electron chi connectivity index (χ0n) is 14.0. The molecule has 9 nitrogen and oxygen atoms in total. The molecule has 0 bridgehead atoms. The van der Waals surface area contributed by atoms with Crippen LogP contribution in [0.1, 0.15) is 15.9 Å². The van der Waals surface area contributed by atoms with E-state index in [1.807, 2.05) is 0 Å². The largest absolute Gasteiger partial charge is 0.479 e. The van der Waals surface area contributed by atoms with Crippen LogP contribution < -0.4 is 14.9 Å². The van der Waals surface area contributed by atoms with Crippen LogP contribution in [0.4, 0.5) is 0 Å². The normalized spacial score (nSPS) is 10.4. The predicted molar refractivity (Wildman–Crippen MR) is 94.2 cm³/mol. The Hall–Kier alpha value is -3.88. The highest BCUT2D eigenvalue weighted by Crippen LogP contribution is 2.28. The summed E-state index contributed by atoms with van der Waals surface area (Å²) in [6.45, 7) is -1.24. The van der Waals surface area contributed by atoms with Gasteiger partial charge in [0.25, 0.3) is 5.91 Å². The van der Waals surface area contributed by atoms with Crippen LogP contribution in [-0.4, -0.2) is 47.5 Å². The van der Waals surface area contributed by atoms with Crippen LogP contribution in [-0.2, 0) is 9.59 Å². The van der Waals surface area contributed by atoms with Gasteiger partial charge in [-0.3, -0.25) is 4.79 Å². The number of carbonyl (C=O) groups excluding carboxylic acids is 1. The van der Waals surface area contributed by atoms with Crippen molar-refractivity contribution in [2.45, 2.75) is 0 Å². The van der Waals surface area contributed by atoms with Crippen LogP contribution in [0.2, 0.25) is 0 Å². The number of hydrogen-bond donors (Lipinski definition) is 3. The van der Waals surface area contributed by atoms with Crippen molar-refractivity contribution in [3.63, 3.8) is 0 Å². The number of nitrogens with zero attached hydrogens (tertiary/aromatic N) is 1. The van der Waals surface area contributed by atoms with Crippen LogP contribution >= 0.6 is 0 Å². The molecule has 27 heavy (non-hydrogen) atoms. The van der Waals surface area contributed by atoms with Crippen molar-refractivity contribution in [1.82, 2.24) is 5.43 Å². The second-order valence-corrected chi connectivity index (χ2v) is 5.14. The van der Waals surface area contributed by atoms with Crippen LogP contribution in [0.5, 0.6) is 11.5 Å². The number of benzene rings is 2. The second kappa shape index (κ2) is 9.56. The zero-order chi connectivity index (χ0) is 19.6. The van der Waals surface area contributed by atoms with Gasteiger partial charge in [0.1, 0.15) is 0 Å². The first kappa shape index (κ1) is 19.4. The summed E-state index contributed by atoms with van der Waals surface area (Å²) in [5, 5.41) is 21.2. The van der Waals surface area contributed by atoms with Gasteiger partial charge in [0, 0.05) is 5.56 Å². The molecule has 0 aliphatic heterocycles. The minimum Gasteiger partial charge on any atom is -0.479 e. The molecule has 0 aliphatic carbocycles. The van der Waals surface area contributed by atoms with E-state index in [4.69, 9.17) is 19.7 Å². The summed E-state index contributed by atoms with van der Waals surface area (Å²) in [4.78, 5) is 33.2. The molecule has 0 radical (unpaired) electrons. The lowest BCUT2D eigenvalue weighted by Gasteiger charge is -2.11. The molecule has 0 saturated carbocycles. The minimum atomic E-state index is -1.20. The molecule has 2 rings (SSSR count). The summed E-state index contributed by atoms with van der Waals surface area (Å²) in [5.74, 6) is -2.67. The smallest absolute Gasteiger partial charge is 0.341 e. The van der Waals surface area contributed by atoms with Crippen molar-refractivity contribution in [3.8, 4) is 11.5 Å². The number of aliphatic carboxylic acids is 2. The average Bonchev–Trinajstić information content (AvgIpc) is 2.66. The summed E-state index contributed by atoms with van der Waals surface area (Å²) in [5.41, 5.74) is 3.28. The van der Waals surface area contributed by atoms with Crippen LogP contribution in [0, 0.1) is 0 Å². The number of hydrogen-bond acceptors (Lipinski definition) is 6. The van der Waals surface area contributed by atoms with Gasteiger partial charge in [-0.05, 0) is 35.9 Å². The summed E-state index contributed by atoms with van der Waals surface area (Å²) in [6.07, 6.45) is 1.33. The Morgan fingerprint density at radius 3 is 2.19 bits per heavy atom. The topological polar surface area (TPSA) is 135 Å². The Kier molecular flexibility index (Phi) is 6.89. The van der Waals surface area contributed by atoms with Gasteiger partial charge in [0.2, 0.25) is 0 Å². The molecule has 0 saturated heterocycles. The molecule has 2 aromatic rings. The summed E-state index contributed by atoms with van der Waals surface area (Å²) in [7, 11) is 0. The van der Waals surface area contributed by atoms with Crippen molar-refractivity contribution in [2.24, 2.45) is 5.10 Å². The molecule has 1 amide bonds. The van der Waals surface area contributed by atoms with E-state index < -0.39 is 31.1 Å². The third-order valence-corrected chi connectivity index (χ3v) is 3.09. The van der Waals surface area contributed by atoms with Crippen molar-refractivity contribution in [1.29, 1.82) is 0 Å². The number of hydrazone groups is 1. The Morgan fingerprint density at radius 1 is 0.926 bits per heavy atom. The van der Waals surface area contributed by atoms with Gasteiger partial charge >= 0.3 is 11.9 Å². The molecule has 0 aliphatic rings. The van der Waals surface area contributed by atoms with Gasteiger partial charge in [-0.25, -0.2) is 15.0 Å². The maximum absolute atomic E-state index is 11.9. The molecule has 0 aromatic heterocycles. The van der Waals surface area contributed by atoms with E-state index in [1.165, 1.54) is 18.3 Å². The maximum atomic E-state index is 11.9. The van der Waals surface area contributed by atoms with Gasteiger partial charge < -0.3 is 19.7 Å². The fraction of sp³-hybridized carbons (Fsp3) is 0.111. The van der Waals surface area contributed by atoms with Gasteiger partial charge in [-0.2, -0.15) is 5.10 Å². The third-order valence-electron chi connectivity index (χ3n) is 3.09. The van der Waals surface area contributed by atoms with Gasteiger partial charge in [0.15, 0.2) is 24.7 Å². The Bertz CT molecular complexity index is 850. The Balaban J connectivity index is 2.09. The Morgan fingerprint density at radius 2 is 1.56 bits per heavy atom. The molecule has 0 heterocycles. The zero-order valence-corrected chi connectivity index (χ0v) is 14.0. The van der Waals surface area contributed by atoms with Gasteiger partial charge in [-0.15, -0.1) is 0 Å². The van der Waals surface area contributed by atoms with Gasteiger partial charge in [-0.1, -0.05) is 18.2 Å². The number of nitrogens with one attached hydrogen (secondary N) is 1. The quantitative estimate of drug-likeness (QED) is 0.447. The molecular formula is C18H16N2O7. The number of carbonyl (C=O) groups is 3. The van der Waals surface area contributed by atoms with E-state index >= 15 is 0 Å². The summed E-state index contributed by atoms with van der Waals surface area (Å²) in [6, 6.07) is 12.9. The van der Waals surface area contributed by atoms with E-state index in [1.54, 1.807) is 36.4 Å². The first-order chi connectivity index (χ1) is 13.0. The van der Waals surface area contributed by atoms with Crippen LogP contribution in [0.3, 0.4) is 0 Å². The van der Waals surface area contributed by atoms with E-state index in [9.17, 15) is 14.4 Å². The second-order valence-electron chi connectivity index (χ2n) is 5.14. The highest BCUT2D eigenvalue weighted by Gasteiger charge is 2.10. The Labute approximate surface area is 153 Å². The molecule has 0 unspecified atom stereocenters. The molecule has 0 spiro atoms. The minimum absolute atomic E-state index is 0.0389. The lowest BCUT2D eigenvalue weighted by atomic mass is 10.2. The molecule has 3 N–H and O–H groups in total. The monoisotopic (exact) mass is 372 g/mol. The molecule has 0 atom stereocenters. The van der Waals surface area contributed by atoms with E-state index in [-0.39, 0.29) is 11.5 Å². The first-order valence-electron chi connectivity index (χ1n) is 7.67. The number of rotatable bonds is 9. The highest BCUT2D eigenvalue weighted by atomic mass is 16.5. The lowest BCUT2D eigenvalue weighted by Crippen LogP contribution is -2.17. The van der Waals surface area contributed by atoms with E-state index in [0.717, 1.165) is 0 Å². The molecule has 140 valence electrons. The average molecular weight is 372 g/mol. The number of carboxylic acids is 2. The highest BCUT2D eigenvalue weighted by molar-refractivity contribution is 5.94. The van der Waals surface area contributed by atoms with E-state index in [2.05, 4.69) is 10.5 Å².